The molecule has 6 nitrogen and oxygen atoms in total. The van der Waals surface area contributed by atoms with Crippen LogP contribution in [0, 0.1) is 0 Å². The summed E-state index contributed by atoms with van der Waals surface area (Å²) in [6.45, 7) is 1.59. The molecule has 1 atom stereocenters. The Labute approximate surface area is 111 Å². The van der Waals surface area contributed by atoms with Crippen LogP contribution in [0.15, 0.2) is 24.3 Å². The fourth-order valence-corrected chi connectivity index (χ4v) is 1.82. The monoisotopic (exact) mass is 287 g/mol. The van der Waals surface area contributed by atoms with Gasteiger partial charge in [0, 0.05) is 6.04 Å². The fourth-order valence-electron chi connectivity index (χ4n) is 1.49. The Kier molecular flexibility index (Phi) is 5.69. The third kappa shape index (κ3) is 6.50. The first kappa shape index (κ1) is 15.9. The summed E-state index contributed by atoms with van der Waals surface area (Å²) in [7, 11) is -4.13. The molecular weight excluding hydrogens is 269 g/mol. The summed E-state index contributed by atoms with van der Waals surface area (Å²) in [5, 5.41) is 0. The second-order valence-corrected chi connectivity index (χ2v) is 6.18. The normalized spacial score (nSPS) is 13.1. The first-order chi connectivity index (χ1) is 8.78. The summed E-state index contributed by atoms with van der Waals surface area (Å²) in [5.41, 5.74) is 7.03. The molecular formula is C12H18NO5P. The molecule has 0 saturated carbocycles. The standard InChI is InChI=1S/C12H18NO5P/c1-9(13)8-10-2-4-11(5-3-10)12(14)18-6-7-19(15,16)17/h2-5,9H,6-8,13H2,1H3,(H2,15,16,17)/t9-/m1/s1. The number of nitrogens with two attached hydrogens (primary N) is 1. The van der Waals surface area contributed by atoms with Gasteiger partial charge in [-0.05, 0) is 31.0 Å². The molecule has 1 aromatic carbocycles. The SMILES string of the molecule is C[C@@H](N)Cc1ccc(C(=O)OCCP(=O)(O)O)cc1. The molecule has 0 amide bonds. The van der Waals surface area contributed by atoms with Crippen molar-refractivity contribution in [3.8, 4) is 0 Å². The van der Waals surface area contributed by atoms with Gasteiger partial charge < -0.3 is 20.3 Å². The van der Waals surface area contributed by atoms with Crippen molar-refractivity contribution >= 4 is 13.6 Å². The molecule has 7 heteroatoms. The van der Waals surface area contributed by atoms with E-state index in [1.807, 2.05) is 6.92 Å². The van der Waals surface area contributed by atoms with Gasteiger partial charge in [0.05, 0.1) is 11.7 Å². The lowest BCUT2D eigenvalue weighted by Crippen LogP contribution is -2.17. The highest BCUT2D eigenvalue weighted by molar-refractivity contribution is 7.51. The minimum absolute atomic E-state index is 0.0426. The third-order valence-electron chi connectivity index (χ3n) is 2.36. The molecule has 0 unspecified atom stereocenters. The van der Waals surface area contributed by atoms with E-state index < -0.39 is 19.7 Å². The van der Waals surface area contributed by atoms with Crippen molar-refractivity contribution in [3.05, 3.63) is 35.4 Å². The van der Waals surface area contributed by atoms with Crippen molar-refractivity contribution in [2.45, 2.75) is 19.4 Å². The number of hydrogen-bond acceptors (Lipinski definition) is 4. The maximum absolute atomic E-state index is 11.6. The van der Waals surface area contributed by atoms with E-state index in [2.05, 4.69) is 0 Å². The van der Waals surface area contributed by atoms with E-state index in [0.717, 1.165) is 5.56 Å². The molecule has 0 spiro atoms. The van der Waals surface area contributed by atoms with E-state index in [4.69, 9.17) is 20.3 Å². The van der Waals surface area contributed by atoms with Crippen LogP contribution in [0.25, 0.3) is 0 Å². The Balaban J connectivity index is 2.51. The Hall–Kier alpha value is -1.20. The second-order valence-electron chi connectivity index (χ2n) is 4.40. The lowest BCUT2D eigenvalue weighted by atomic mass is 10.1. The molecule has 1 rings (SSSR count). The zero-order valence-corrected chi connectivity index (χ0v) is 11.5. The van der Waals surface area contributed by atoms with Crippen LogP contribution in [-0.2, 0) is 15.7 Å². The molecule has 4 N–H and O–H groups in total. The highest BCUT2D eigenvalue weighted by Crippen LogP contribution is 2.33. The molecule has 19 heavy (non-hydrogen) atoms. The summed E-state index contributed by atoms with van der Waals surface area (Å²) in [5.74, 6) is -0.596. The van der Waals surface area contributed by atoms with Crippen molar-refractivity contribution in [1.82, 2.24) is 0 Å². The third-order valence-corrected chi connectivity index (χ3v) is 3.13. The quantitative estimate of drug-likeness (QED) is 0.530. The smallest absolute Gasteiger partial charge is 0.338 e. The topological polar surface area (TPSA) is 110 Å². The van der Waals surface area contributed by atoms with Gasteiger partial charge in [0.15, 0.2) is 0 Å². The lowest BCUT2D eigenvalue weighted by molar-refractivity contribution is 0.0526. The van der Waals surface area contributed by atoms with E-state index >= 15 is 0 Å². The number of hydrogen-bond donors (Lipinski definition) is 3. The highest BCUT2D eigenvalue weighted by Gasteiger charge is 2.14. The maximum Gasteiger partial charge on any atom is 0.338 e. The summed E-state index contributed by atoms with van der Waals surface area (Å²) < 4.78 is 15.4. The van der Waals surface area contributed by atoms with Crippen molar-refractivity contribution < 1.29 is 23.9 Å². The lowest BCUT2D eigenvalue weighted by Gasteiger charge is -2.08. The number of ether oxygens (including phenoxy) is 1. The van der Waals surface area contributed by atoms with Gasteiger partial charge in [0.1, 0.15) is 6.61 Å². The molecule has 0 aliphatic carbocycles. The largest absolute Gasteiger partial charge is 0.461 e. The van der Waals surface area contributed by atoms with Crippen LogP contribution in [0.5, 0.6) is 0 Å². The molecule has 0 aliphatic rings. The van der Waals surface area contributed by atoms with Gasteiger partial charge in [0.2, 0.25) is 0 Å². The number of carbonyl (C=O) groups excluding carboxylic acids is 1. The molecule has 1 aromatic rings. The average molecular weight is 287 g/mol. The Morgan fingerprint density at radius 2 is 1.95 bits per heavy atom. The fraction of sp³-hybridized carbons (Fsp3) is 0.417. The zero-order valence-electron chi connectivity index (χ0n) is 10.7. The average Bonchev–Trinajstić information content (AvgIpc) is 2.27. The van der Waals surface area contributed by atoms with Crippen LogP contribution in [0.1, 0.15) is 22.8 Å². The molecule has 0 radical (unpaired) electrons. The number of carbonyl (C=O) groups is 1. The molecule has 0 saturated heterocycles. The van der Waals surface area contributed by atoms with E-state index in [1.54, 1.807) is 24.3 Å². The Morgan fingerprint density at radius 1 is 1.37 bits per heavy atom. The van der Waals surface area contributed by atoms with Gasteiger partial charge in [-0.15, -0.1) is 0 Å². The van der Waals surface area contributed by atoms with Crippen LogP contribution in [0.2, 0.25) is 0 Å². The summed E-state index contributed by atoms with van der Waals surface area (Å²) >= 11 is 0. The van der Waals surface area contributed by atoms with Crippen molar-refractivity contribution in [2.75, 3.05) is 12.8 Å². The van der Waals surface area contributed by atoms with Crippen LogP contribution in [0.3, 0.4) is 0 Å². The molecule has 106 valence electrons. The van der Waals surface area contributed by atoms with Gasteiger partial charge in [-0.3, -0.25) is 4.57 Å². The minimum Gasteiger partial charge on any atom is -0.461 e. The molecule has 0 aliphatic heterocycles. The maximum atomic E-state index is 11.6. The number of rotatable bonds is 6. The van der Waals surface area contributed by atoms with Crippen molar-refractivity contribution in [2.24, 2.45) is 5.73 Å². The second kappa shape index (κ2) is 6.82. The first-order valence-electron chi connectivity index (χ1n) is 5.84. The predicted molar refractivity (Wildman–Crippen MR) is 71.0 cm³/mol. The Bertz CT molecular complexity index is 466. The zero-order chi connectivity index (χ0) is 14.5. The molecule has 0 fully saturated rings. The summed E-state index contributed by atoms with van der Waals surface area (Å²) in [6, 6.07) is 6.82. The summed E-state index contributed by atoms with van der Waals surface area (Å²) in [4.78, 5) is 28.8. The van der Waals surface area contributed by atoms with Gasteiger partial charge in [0.25, 0.3) is 0 Å². The van der Waals surface area contributed by atoms with E-state index in [1.165, 1.54) is 0 Å². The van der Waals surface area contributed by atoms with Crippen LogP contribution in [0.4, 0.5) is 0 Å². The van der Waals surface area contributed by atoms with Gasteiger partial charge >= 0.3 is 13.6 Å². The number of esters is 1. The molecule has 0 bridgehead atoms. The first-order valence-corrected chi connectivity index (χ1v) is 7.64. The molecule has 0 heterocycles. The van der Waals surface area contributed by atoms with E-state index in [0.29, 0.717) is 12.0 Å². The van der Waals surface area contributed by atoms with Crippen LogP contribution >= 0.6 is 7.60 Å². The Morgan fingerprint density at radius 3 is 2.42 bits per heavy atom. The van der Waals surface area contributed by atoms with Gasteiger partial charge in [-0.1, -0.05) is 12.1 Å². The highest BCUT2D eigenvalue weighted by atomic mass is 31.2. The van der Waals surface area contributed by atoms with Crippen molar-refractivity contribution in [3.63, 3.8) is 0 Å². The summed E-state index contributed by atoms with van der Waals surface area (Å²) in [6.07, 6.45) is 0.245. The van der Waals surface area contributed by atoms with Gasteiger partial charge in [-0.25, -0.2) is 4.79 Å². The number of benzene rings is 1. The van der Waals surface area contributed by atoms with Gasteiger partial charge in [-0.2, -0.15) is 0 Å². The predicted octanol–water partition coefficient (Wildman–Crippen LogP) is 0.911. The molecule has 0 aromatic heterocycles. The van der Waals surface area contributed by atoms with E-state index in [9.17, 15) is 9.36 Å². The van der Waals surface area contributed by atoms with Crippen LogP contribution < -0.4 is 5.73 Å². The van der Waals surface area contributed by atoms with Crippen molar-refractivity contribution in [1.29, 1.82) is 0 Å². The van der Waals surface area contributed by atoms with E-state index in [-0.39, 0.29) is 12.6 Å². The minimum atomic E-state index is -4.13. The van der Waals surface area contributed by atoms with Crippen LogP contribution in [-0.4, -0.2) is 34.6 Å².